The van der Waals surface area contributed by atoms with Gasteiger partial charge < -0.3 is 10.4 Å². The van der Waals surface area contributed by atoms with Crippen LogP contribution in [-0.4, -0.2) is 42.5 Å². The molecule has 0 spiro atoms. The van der Waals surface area contributed by atoms with Gasteiger partial charge in [-0.15, -0.1) is 10.2 Å². The number of halogens is 6. The Bertz CT molecular complexity index is 1150. The third-order valence-electron chi connectivity index (χ3n) is 5.91. The molecule has 1 aliphatic carbocycles. The van der Waals surface area contributed by atoms with E-state index in [1.54, 1.807) is 6.92 Å². The van der Waals surface area contributed by atoms with E-state index in [4.69, 9.17) is 0 Å². The standard InChI is InChI=1S/C21H21F6N5O/c1-19(33)7-3-2-4-16(19)29-18-31-30-17(15-10-28-11-32(15)18)14-6-5-13(21(25,26)27)8-12(14)9-20(22,23)24/h5-6,8,10-11,16,33H,2-4,7,9H2,1H3,(H,29,31)/t16-,19-/m0/s1. The number of hydrogen-bond donors (Lipinski definition) is 2. The lowest BCUT2D eigenvalue weighted by Crippen LogP contribution is -2.47. The number of anilines is 1. The zero-order chi connectivity index (χ0) is 24.0. The maximum Gasteiger partial charge on any atom is 0.416 e. The number of hydrogen-bond acceptors (Lipinski definition) is 5. The van der Waals surface area contributed by atoms with Crippen molar-refractivity contribution in [1.82, 2.24) is 19.6 Å². The van der Waals surface area contributed by atoms with E-state index in [0.717, 1.165) is 25.0 Å². The van der Waals surface area contributed by atoms with Gasteiger partial charge in [-0.3, -0.25) is 4.40 Å². The van der Waals surface area contributed by atoms with Gasteiger partial charge in [0.25, 0.3) is 0 Å². The Morgan fingerprint density at radius 1 is 1.15 bits per heavy atom. The highest BCUT2D eigenvalue weighted by Crippen LogP contribution is 2.37. The number of nitrogens with one attached hydrogen (secondary N) is 1. The second-order valence-electron chi connectivity index (χ2n) is 8.48. The predicted molar refractivity (Wildman–Crippen MR) is 107 cm³/mol. The van der Waals surface area contributed by atoms with Crippen molar-refractivity contribution >= 4 is 11.5 Å². The zero-order valence-corrected chi connectivity index (χ0v) is 17.5. The summed E-state index contributed by atoms with van der Waals surface area (Å²) in [5.74, 6) is 0.225. The SMILES string of the molecule is C[C@]1(O)CCCC[C@@H]1Nc1nnc(-c2ccc(C(F)(F)F)cc2CC(F)(F)F)c2cncn12. The molecule has 3 aromatic rings. The highest BCUT2D eigenvalue weighted by molar-refractivity contribution is 5.79. The van der Waals surface area contributed by atoms with E-state index in [-0.39, 0.29) is 28.8 Å². The van der Waals surface area contributed by atoms with Crippen molar-refractivity contribution in [2.24, 2.45) is 0 Å². The number of aromatic nitrogens is 4. The molecule has 4 rings (SSSR count). The van der Waals surface area contributed by atoms with Gasteiger partial charge in [-0.2, -0.15) is 26.3 Å². The minimum absolute atomic E-state index is 0.0265. The molecule has 2 aromatic heterocycles. The van der Waals surface area contributed by atoms with Crippen LogP contribution in [0.3, 0.4) is 0 Å². The number of aliphatic hydroxyl groups is 1. The lowest BCUT2D eigenvalue weighted by Gasteiger charge is -2.37. The van der Waals surface area contributed by atoms with Crippen molar-refractivity contribution in [2.45, 2.75) is 63.0 Å². The second kappa shape index (κ2) is 8.15. The van der Waals surface area contributed by atoms with Gasteiger partial charge in [0.2, 0.25) is 5.95 Å². The highest BCUT2D eigenvalue weighted by Gasteiger charge is 2.36. The van der Waals surface area contributed by atoms with Crippen LogP contribution in [0.5, 0.6) is 0 Å². The Morgan fingerprint density at radius 2 is 1.91 bits per heavy atom. The van der Waals surface area contributed by atoms with E-state index < -0.39 is 35.5 Å². The average Bonchev–Trinajstić information content (AvgIpc) is 3.18. The van der Waals surface area contributed by atoms with Crippen LogP contribution in [0.2, 0.25) is 0 Å². The molecule has 0 amide bonds. The van der Waals surface area contributed by atoms with Crippen molar-refractivity contribution in [2.75, 3.05) is 5.32 Å². The maximum absolute atomic E-state index is 13.1. The first-order valence-corrected chi connectivity index (χ1v) is 10.3. The molecule has 12 heteroatoms. The minimum Gasteiger partial charge on any atom is -0.388 e. The van der Waals surface area contributed by atoms with Gasteiger partial charge >= 0.3 is 12.4 Å². The lowest BCUT2D eigenvalue weighted by molar-refractivity contribution is -0.138. The molecular formula is C21H21F6N5O. The van der Waals surface area contributed by atoms with E-state index >= 15 is 0 Å². The van der Waals surface area contributed by atoms with Gasteiger partial charge in [0.05, 0.1) is 35.3 Å². The van der Waals surface area contributed by atoms with Crippen LogP contribution in [0.1, 0.15) is 43.7 Å². The number of rotatable bonds is 4. The van der Waals surface area contributed by atoms with Crippen LogP contribution in [-0.2, 0) is 12.6 Å². The molecule has 1 aromatic carbocycles. The molecule has 0 bridgehead atoms. The zero-order valence-electron chi connectivity index (χ0n) is 17.5. The predicted octanol–water partition coefficient (Wildman–Crippen LogP) is 5.02. The molecule has 33 heavy (non-hydrogen) atoms. The third-order valence-corrected chi connectivity index (χ3v) is 5.91. The van der Waals surface area contributed by atoms with Crippen molar-refractivity contribution in [1.29, 1.82) is 0 Å². The van der Waals surface area contributed by atoms with E-state index in [1.165, 1.54) is 16.9 Å². The van der Waals surface area contributed by atoms with Crippen LogP contribution in [0.25, 0.3) is 16.8 Å². The van der Waals surface area contributed by atoms with Gasteiger partial charge in [0.1, 0.15) is 12.0 Å². The number of fused-ring (bicyclic) bond motifs is 1. The number of benzene rings is 1. The molecule has 0 radical (unpaired) electrons. The van der Waals surface area contributed by atoms with Gasteiger partial charge in [0, 0.05) is 5.56 Å². The Hall–Kier alpha value is -2.89. The molecule has 6 nitrogen and oxygen atoms in total. The summed E-state index contributed by atoms with van der Waals surface area (Å²) in [4.78, 5) is 4.02. The normalized spacial score (nSPS) is 22.0. The smallest absolute Gasteiger partial charge is 0.388 e. The molecule has 0 aliphatic heterocycles. The first-order valence-electron chi connectivity index (χ1n) is 10.3. The van der Waals surface area contributed by atoms with Gasteiger partial charge in [-0.1, -0.05) is 18.9 Å². The Morgan fingerprint density at radius 3 is 2.58 bits per heavy atom. The van der Waals surface area contributed by atoms with E-state index in [9.17, 15) is 31.4 Å². The summed E-state index contributed by atoms with van der Waals surface area (Å²) in [6, 6.07) is 1.85. The monoisotopic (exact) mass is 473 g/mol. The first-order chi connectivity index (χ1) is 15.4. The fourth-order valence-corrected chi connectivity index (χ4v) is 4.19. The lowest BCUT2D eigenvalue weighted by atomic mass is 9.82. The molecule has 2 N–H and O–H groups in total. The molecule has 2 atom stereocenters. The second-order valence-corrected chi connectivity index (χ2v) is 8.48. The fourth-order valence-electron chi connectivity index (χ4n) is 4.19. The summed E-state index contributed by atoms with van der Waals surface area (Å²) >= 11 is 0. The van der Waals surface area contributed by atoms with E-state index in [1.807, 2.05) is 0 Å². The largest absolute Gasteiger partial charge is 0.416 e. The Kier molecular flexibility index (Phi) is 5.75. The van der Waals surface area contributed by atoms with Gasteiger partial charge in [-0.25, -0.2) is 4.98 Å². The van der Waals surface area contributed by atoms with Crippen LogP contribution in [0, 0.1) is 0 Å². The number of imidazole rings is 1. The molecule has 1 saturated carbocycles. The fraction of sp³-hybridized carbons (Fsp3) is 0.476. The molecular weight excluding hydrogens is 452 g/mol. The molecule has 1 aliphatic rings. The first kappa shape index (κ1) is 23.3. The summed E-state index contributed by atoms with van der Waals surface area (Å²) < 4.78 is 80.3. The molecule has 0 saturated heterocycles. The summed E-state index contributed by atoms with van der Waals surface area (Å²) in [5, 5.41) is 21.9. The number of nitrogens with zero attached hydrogens (tertiary/aromatic N) is 4. The van der Waals surface area contributed by atoms with Crippen LogP contribution >= 0.6 is 0 Å². The molecule has 178 valence electrons. The van der Waals surface area contributed by atoms with Crippen LogP contribution in [0.15, 0.2) is 30.7 Å². The Labute approximate surface area is 184 Å². The van der Waals surface area contributed by atoms with Crippen LogP contribution < -0.4 is 5.32 Å². The van der Waals surface area contributed by atoms with Crippen molar-refractivity contribution < 1.29 is 31.4 Å². The van der Waals surface area contributed by atoms with Crippen LogP contribution in [0.4, 0.5) is 32.3 Å². The summed E-state index contributed by atoms with van der Waals surface area (Å²) in [5.41, 5.74) is -2.60. The van der Waals surface area contributed by atoms with E-state index in [2.05, 4.69) is 20.5 Å². The van der Waals surface area contributed by atoms with E-state index in [0.29, 0.717) is 18.9 Å². The topological polar surface area (TPSA) is 75.3 Å². The summed E-state index contributed by atoms with van der Waals surface area (Å²) in [7, 11) is 0. The summed E-state index contributed by atoms with van der Waals surface area (Å²) in [6.07, 6.45) is -5.29. The summed E-state index contributed by atoms with van der Waals surface area (Å²) in [6.45, 7) is 1.71. The molecule has 2 heterocycles. The number of alkyl halides is 6. The quantitative estimate of drug-likeness (QED) is 0.521. The maximum atomic E-state index is 13.1. The van der Waals surface area contributed by atoms with Crippen molar-refractivity contribution in [3.63, 3.8) is 0 Å². The third kappa shape index (κ3) is 4.90. The van der Waals surface area contributed by atoms with Crippen molar-refractivity contribution in [3.05, 3.63) is 41.9 Å². The van der Waals surface area contributed by atoms with Crippen molar-refractivity contribution in [3.8, 4) is 11.3 Å². The highest BCUT2D eigenvalue weighted by atomic mass is 19.4. The van der Waals surface area contributed by atoms with Gasteiger partial charge in [0.15, 0.2) is 0 Å². The molecule has 1 fully saturated rings. The minimum atomic E-state index is -4.79. The Balaban J connectivity index is 1.78. The molecule has 0 unspecified atom stereocenters. The van der Waals surface area contributed by atoms with Gasteiger partial charge in [-0.05, 0) is 37.5 Å². The average molecular weight is 473 g/mol.